The second-order valence-electron chi connectivity index (χ2n) is 6.95. The molecule has 1 aromatic heterocycles. The maximum atomic E-state index is 14.2. The molecular weight excluding hydrogens is 342 g/mol. The van der Waals surface area contributed by atoms with E-state index in [0.29, 0.717) is 25.3 Å². The predicted octanol–water partition coefficient (Wildman–Crippen LogP) is 0.885. The van der Waals surface area contributed by atoms with Crippen LogP contribution in [0.5, 0.6) is 0 Å². The summed E-state index contributed by atoms with van der Waals surface area (Å²) in [7, 11) is 1.58. The maximum Gasteiger partial charge on any atom is 0.240 e. The minimum atomic E-state index is -0.707. The fourth-order valence-corrected chi connectivity index (χ4v) is 4.04. The second-order valence-corrected chi connectivity index (χ2v) is 6.95. The first-order valence-corrected chi connectivity index (χ1v) is 8.39. The molecule has 9 heteroatoms. The lowest BCUT2D eigenvalue weighted by Crippen LogP contribution is -2.58. The number of piperidine rings is 1. The monoisotopic (exact) mass is 362 g/mol. The Bertz CT molecular complexity index is 869. The number of likely N-dealkylation sites (N-methyl/N-ethyl adjacent to an activating group) is 1. The van der Waals surface area contributed by atoms with Crippen LogP contribution in [0.4, 0.5) is 14.6 Å². The Hall–Kier alpha value is -2.52. The highest BCUT2D eigenvalue weighted by molar-refractivity contribution is 5.83. The number of carbonyl (C=O) groups is 1. The Balaban J connectivity index is 1.58. The number of nitrogen functional groups attached to an aromatic ring is 1. The molecule has 0 bridgehead atoms. The molecule has 1 saturated heterocycles. The van der Waals surface area contributed by atoms with E-state index in [1.54, 1.807) is 7.05 Å². The zero-order valence-corrected chi connectivity index (χ0v) is 14.2. The van der Waals surface area contributed by atoms with Crippen LogP contribution in [0.2, 0.25) is 0 Å². The van der Waals surface area contributed by atoms with Crippen molar-refractivity contribution in [2.24, 2.45) is 5.73 Å². The first-order valence-electron chi connectivity index (χ1n) is 8.39. The summed E-state index contributed by atoms with van der Waals surface area (Å²) in [6.45, 7) is 1.03. The number of aromatic nitrogens is 2. The topological polar surface area (TPSA) is 104 Å². The van der Waals surface area contributed by atoms with Gasteiger partial charge in [-0.3, -0.25) is 14.8 Å². The average molecular weight is 362 g/mol. The molecule has 1 fully saturated rings. The van der Waals surface area contributed by atoms with Crippen LogP contribution in [0.1, 0.15) is 29.3 Å². The molecule has 138 valence electrons. The van der Waals surface area contributed by atoms with Crippen molar-refractivity contribution in [3.63, 3.8) is 0 Å². The molecule has 0 saturated carbocycles. The summed E-state index contributed by atoms with van der Waals surface area (Å²) in [6, 6.07) is 1.55. The van der Waals surface area contributed by atoms with Crippen molar-refractivity contribution < 1.29 is 13.6 Å². The Labute approximate surface area is 148 Å². The molecule has 2 unspecified atom stereocenters. The number of anilines is 1. The number of nitrogens with two attached hydrogens (primary N) is 2. The molecular formula is C17H20F2N6O. The quantitative estimate of drug-likeness (QED) is 0.736. The van der Waals surface area contributed by atoms with Crippen LogP contribution in [0.25, 0.3) is 0 Å². The van der Waals surface area contributed by atoms with E-state index < -0.39 is 29.8 Å². The SMILES string of the molecule is CN1C(=O)C(N2Cc3[nH]nc(N)c3C2)CC(N)[C@H]1c1cc(F)ccc1F. The minimum absolute atomic E-state index is 0.104. The van der Waals surface area contributed by atoms with Gasteiger partial charge in [-0.2, -0.15) is 5.10 Å². The van der Waals surface area contributed by atoms with Gasteiger partial charge in [-0.05, 0) is 24.6 Å². The summed E-state index contributed by atoms with van der Waals surface area (Å²) < 4.78 is 27.8. The largest absolute Gasteiger partial charge is 0.382 e. The molecule has 2 aliphatic heterocycles. The van der Waals surface area contributed by atoms with Gasteiger partial charge in [0, 0.05) is 37.3 Å². The minimum Gasteiger partial charge on any atom is -0.382 e. The third kappa shape index (κ3) is 2.55. The molecule has 0 spiro atoms. The van der Waals surface area contributed by atoms with E-state index in [0.717, 1.165) is 29.5 Å². The Morgan fingerprint density at radius 2 is 2.08 bits per heavy atom. The fourth-order valence-electron chi connectivity index (χ4n) is 4.04. The zero-order chi connectivity index (χ0) is 18.6. The zero-order valence-electron chi connectivity index (χ0n) is 14.2. The Morgan fingerprint density at radius 3 is 2.81 bits per heavy atom. The molecule has 4 rings (SSSR count). The van der Waals surface area contributed by atoms with Crippen molar-refractivity contribution in [2.45, 2.75) is 37.6 Å². The normalized spacial score (nSPS) is 26.4. The van der Waals surface area contributed by atoms with Crippen molar-refractivity contribution in [3.8, 4) is 0 Å². The van der Waals surface area contributed by atoms with Crippen LogP contribution in [-0.4, -0.2) is 45.0 Å². The van der Waals surface area contributed by atoms with Crippen molar-refractivity contribution in [3.05, 3.63) is 46.7 Å². The van der Waals surface area contributed by atoms with Gasteiger partial charge in [0.1, 0.15) is 17.5 Å². The molecule has 1 aromatic carbocycles. The third-order valence-electron chi connectivity index (χ3n) is 5.38. The Morgan fingerprint density at radius 1 is 1.31 bits per heavy atom. The number of aromatic amines is 1. The van der Waals surface area contributed by atoms with Gasteiger partial charge in [-0.1, -0.05) is 0 Å². The fraction of sp³-hybridized carbons (Fsp3) is 0.412. The van der Waals surface area contributed by atoms with Gasteiger partial charge >= 0.3 is 0 Å². The molecule has 2 aromatic rings. The standard InChI is InChI=1S/C17H20F2N6O/c1-24-15(9-4-8(18)2-3-11(9)19)12(20)5-14(17(24)26)25-6-10-13(7-25)22-23-16(10)21/h2-4,12,14-15H,5-7,20H2,1H3,(H3,21,22,23)/t12?,14?,15-/m1/s1. The van der Waals surface area contributed by atoms with Crippen LogP contribution < -0.4 is 11.5 Å². The van der Waals surface area contributed by atoms with E-state index in [2.05, 4.69) is 10.2 Å². The summed E-state index contributed by atoms with van der Waals surface area (Å²) in [5.74, 6) is -0.863. The van der Waals surface area contributed by atoms with Crippen LogP contribution in [0, 0.1) is 11.6 Å². The second kappa shape index (κ2) is 6.03. The number of nitrogens with zero attached hydrogens (tertiary/aromatic N) is 3. The number of rotatable bonds is 2. The summed E-state index contributed by atoms with van der Waals surface area (Å²) in [5, 5.41) is 6.84. The van der Waals surface area contributed by atoms with Gasteiger partial charge in [0.25, 0.3) is 0 Å². The lowest BCUT2D eigenvalue weighted by atomic mass is 9.87. The number of benzene rings is 1. The van der Waals surface area contributed by atoms with E-state index in [9.17, 15) is 13.6 Å². The van der Waals surface area contributed by atoms with Crippen LogP contribution in [0.3, 0.4) is 0 Å². The Kier molecular flexibility index (Phi) is 3.92. The lowest BCUT2D eigenvalue weighted by molar-refractivity contribution is -0.143. The molecule has 3 heterocycles. The number of hydrogen-bond acceptors (Lipinski definition) is 5. The van der Waals surface area contributed by atoms with Crippen LogP contribution in [-0.2, 0) is 17.9 Å². The molecule has 7 nitrogen and oxygen atoms in total. The van der Waals surface area contributed by atoms with E-state index in [1.807, 2.05) is 4.90 Å². The summed E-state index contributed by atoms with van der Waals surface area (Å²) in [4.78, 5) is 16.4. The van der Waals surface area contributed by atoms with Gasteiger partial charge in [0.05, 0.1) is 17.8 Å². The summed E-state index contributed by atoms with van der Waals surface area (Å²) in [6.07, 6.45) is 0.349. The van der Waals surface area contributed by atoms with Crippen molar-refractivity contribution in [2.75, 3.05) is 12.8 Å². The van der Waals surface area contributed by atoms with Crippen LogP contribution in [0.15, 0.2) is 18.2 Å². The van der Waals surface area contributed by atoms with Crippen molar-refractivity contribution >= 4 is 11.7 Å². The number of carbonyl (C=O) groups excluding carboxylic acids is 1. The van der Waals surface area contributed by atoms with E-state index >= 15 is 0 Å². The number of likely N-dealkylation sites (tertiary alicyclic amines) is 1. The number of H-pyrrole nitrogens is 1. The van der Waals surface area contributed by atoms with Gasteiger partial charge in [-0.25, -0.2) is 8.78 Å². The number of fused-ring (bicyclic) bond motifs is 1. The van der Waals surface area contributed by atoms with Gasteiger partial charge in [-0.15, -0.1) is 0 Å². The maximum absolute atomic E-state index is 14.2. The summed E-state index contributed by atoms with van der Waals surface area (Å²) in [5.41, 5.74) is 14.0. The van der Waals surface area contributed by atoms with Gasteiger partial charge in [0.2, 0.25) is 5.91 Å². The molecule has 3 atom stereocenters. The molecule has 0 radical (unpaired) electrons. The molecule has 1 amide bonds. The predicted molar refractivity (Wildman–Crippen MR) is 90.5 cm³/mol. The first-order chi connectivity index (χ1) is 12.4. The smallest absolute Gasteiger partial charge is 0.240 e. The average Bonchev–Trinajstić information content (AvgIpc) is 3.16. The number of amides is 1. The third-order valence-corrected chi connectivity index (χ3v) is 5.38. The van der Waals surface area contributed by atoms with Crippen molar-refractivity contribution in [1.29, 1.82) is 0 Å². The molecule has 0 aliphatic carbocycles. The lowest BCUT2D eigenvalue weighted by Gasteiger charge is -2.43. The molecule has 2 aliphatic rings. The van der Waals surface area contributed by atoms with Gasteiger partial charge in [0.15, 0.2) is 0 Å². The van der Waals surface area contributed by atoms with E-state index in [4.69, 9.17) is 11.5 Å². The molecule has 5 N–H and O–H groups in total. The number of hydrogen-bond donors (Lipinski definition) is 3. The summed E-state index contributed by atoms with van der Waals surface area (Å²) >= 11 is 0. The highest BCUT2D eigenvalue weighted by Crippen LogP contribution is 2.36. The number of halogens is 2. The van der Waals surface area contributed by atoms with E-state index in [1.165, 1.54) is 4.90 Å². The van der Waals surface area contributed by atoms with Crippen LogP contribution >= 0.6 is 0 Å². The van der Waals surface area contributed by atoms with Gasteiger partial charge < -0.3 is 16.4 Å². The highest BCUT2D eigenvalue weighted by Gasteiger charge is 2.44. The first kappa shape index (κ1) is 16.9. The molecule has 26 heavy (non-hydrogen) atoms. The van der Waals surface area contributed by atoms with E-state index in [-0.39, 0.29) is 11.5 Å². The highest BCUT2D eigenvalue weighted by atomic mass is 19.1. The number of nitrogens with one attached hydrogen (secondary N) is 1. The van der Waals surface area contributed by atoms with Crippen molar-refractivity contribution in [1.82, 2.24) is 20.0 Å².